The molecule has 0 spiro atoms. The maximum atomic E-state index is 12.8. The summed E-state index contributed by atoms with van der Waals surface area (Å²) >= 11 is 0. The van der Waals surface area contributed by atoms with Crippen LogP contribution in [0, 0.1) is 6.92 Å². The van der Waals surface area contributed by atoms with Crippen LogP contribution in [0.2, 0.25) is 0 Å². The Morgan fingerprint density at radius 2 is 1.86 bits per heavy atom. The molecule has 29 heavy (non-hydrogen) atoms. The number of aryl methyl sites for hydroxylation is 2. The van der Waals surface area contributed by atoms with Gasteiger partial charge in [-0.25, -0.2) is 13.1 Å². The van der Waals surface area contributed by atoms with Gasteiger partial charge in [-0.1, -0.05) is 6.07 Å². The van der Waals surface area contributed by atoms with Crippen molar-refractivity contribution in [3.05, 3.63) is 76.7 Å². The minimum atomic E-state index is -3.71. The van der Waals surface area contributed by atoms with Crippen molar-refractivity contribution in [3.8, 4) is 0 Å². The van der Waals surface area contributed by atoms with Crippen molar-refractivity contribution >= 4 is 20.6 Å². The van der Waals surface area contributed by atoms with Crippen LogP contribution < -0.4 is 5.56 Å². The minimum Gasteiger partial charge on any atom is -0.274 e. The molecular formula is C19H17N5O3SV. The molecule has 0 atom stereocenters. The van der Waals surface area contributed by atoms with Gasteiger partial charge in [0, 0.05) is 49.1 Å². The first-order valence-electron chi connectivity index (χ1n) is 8.50. The summed E-state index contributed by atoms with van der Waals surface area (Å²) in [7, 11) is -2.07. The summed E-state index contributed by atoms with van der Waals surface area (Å²) in [6.45, 7) is 2.17. The molecule has 0 unspecified atom stereocenters. The third kappa shape index (κ3) is 3.89. The third-order valence-electron chi connectivity index (χ3n) is 4.56. The van der Waals surface area contributed by atoms with Crippen molar-refractivity contribution in [2.24, 2.45) is 7.05 Å². The van der Waals surface area contributed by atoms with E-state index in [2.05, 4.69) is 15.2 Å². The van der Waals surface area contributed by atoms with Gasteiger partial charge in [0.25, 0.3) is 5.56 Å². The van der Waals surface area contributed by atoms with Crippen LogP contribution in [-0.2, 0) is 42.0 Å². The molecule has 0 N–H and O–H groups in total. The summed E-state index contributed by atoms with van der Waals surface area (Å²) < 4.78 is 28.3. The molecule has 0 saturated heterocycles. The molecule has 3 heterocycles. The standard InChI is InChI=1S/C19H17N5O3S.V/c1-13-14(4-3-7-20-13)11-24-19(25)18-6-5-16(8-15(18)9-22-24)28(26,27)17-10-21-23(2)12-17;/h3-10,12H,11H2,1-2H3;. The van der Waals surface area contributed by atoms with Crippen molar-refractivity contribution in [2.45, 2.75) is 23.3 Å². The van der Waals surface area contributed by atoms with Gasteiger partial charge in [0.2, 0.25) is 9.84 Å². The quantitative estimate of drug-likeness (QED) is 0.473. The van der Waals surface area contributed by atoms with Crippen molar-refractivity contribution in [2.75, 3.05) is 0 Å². The fourth-order valence-corrected chi connectivity index (χ4v) is 4.24. The summed E-state index contributed by atoms with van der Waals surface area (Å²) in [6, 6.07) is 8.13. The molecule has 0 saturated carbocycles. The summed E-state index contributed by atoms with van der Waals surface area (Å²) in [5, 5.41) is 8.99. The van der Waals surface area contributed by atoms with Gasteiger partial charge < -0.3 is 0 Å². The fraction of sp³-hybridized carbons (Fsp3) is 0.158. The largest absolute Gasteiger partial charge is 0.274 e. The first kappa shape index (κ1) is 21.0. The van der Waals surface area contributed by atoms with Crippen LogP contribution in [-0.4, -0.2) is 33.0 Å². The molecule has 0 aliphatic heterocycles. The van der Waals surface area contributed by atoms with Crippen LogP contribution in [0.25, 0.3) is 10.8 Å². The number of pyridine rings is 1. The summed E-state index contributed by atoms with van der Waals surface area (Å²) in [6.07, 6.45) is 5.93. The van der Waals surface area contributed by atoms with Gasteiger partial charge in [-0.15, -0.1) is 0 Å². The van der Waals surface area contributed by atoms with E-state index in [9.17, 15) is 13.2 Å². The Labute approximate surface area is 179 Å². The van der Waals surface area contributed by atoms with Gasteiger partial charge in [0.05, 0.1) is 29.2 Å². The Balaban J connectivity index is 0.00000240. The number of sulfone groups is 1. The van der Waals surface area contributed by atoms with Gasteiger partial charge >= 0.3 is 0 Å². The van der Waals surface area contributed by atoms with Crippen molar-refractivity contribution in [1.29, 1.82) is 0 Å². The van der Waals surface area contributed by atoms with Crippen LogP contribution >= 0.6 is 0 Å². The fourth-order valence-electron chi connectivity index (χ4n) is 2.97. The Kier molecular flexibility index (Phi) is 5.74. The predicted octanol–water partition coefficient (Wildman–Crippen LogP) is 1.71. The van der Waals surface area contributed by atoms with Crippen molar-refractivity contribution in [3.63, 3.8) is 0 Å². The second-order valence-electron chi connectivity index (χ2n) is 6.46. The van der Waals surface area contributed by atoms with Crippen LogP contribution in [0.1, 0.15) is 11.3 Å². The number of aromatic nitrogens is 5. The monoisotopic (exact) mass is 446 g/mol. The molecule has 10 heteroatoms. The molecule has 8 nitrogen and oxygen atoms in total. The zero-order valence-corrected chi connectivity index (χ0v) is 17.9. The van der Waals surface area contributed by atoms with Crippen LogP contribution in [0.3, 0.4) is 0 Å². The van der Waals surface area contributed by atoms with Gasteiger partial charge in [0.15, 0.2) is 0 Å². The number of rotatable bonds is 4. The van der Waals surface area contributed by atoms with Gasteiger partial charge in [0.1, 0.15) is 4.90 Å². The van der Waals surface area contributed by atoms with E-state index < -0.39 is 9.84 Å². The van der Waals surface area contributed by atoms with E-state index in [0.717, 1.165) is 11.3 Å². The average molecular weight is 446 g/mol. The van der Waals surface area contributed by atoms with E-state index in [1.54, 1.807) is 13.2 Å². The van der Waals surface area contributed by atoms with E-state index >= 15 is 0 Å². The molecule has 0 aliphatic carbocycles. The number of hydrogen-bond donors (Lipinski definition) is 0. The molecule has 3 aromatic heterocycles. The number of fused-ring (bicyclic) bond motifs is 1. The molecule has 1 radical (unpaired) electrons. The van der Waals surface area contributed by atoms with Gasteiger partial charge in [-0.3, -0.25) is 14.5 Å². The third-order valence-corrected chi connectivity index (χ3v) is 6.27. The zero-order chi connectivity index (χ0) is 19.9. The second kappa shape index (κ2) is 7.94. The van der Waals surface area contributed by atoms with Gasteiger partial charge in [-0.2, -0.15) is 10.2 Å². The molecule has 4 rings (SSSR count). The van der Waals surface area contributed by atoms with E-state index in [-0.39, 0.29) is 33.9 Å². The Morgan fingerprint density at radius 3 is 2.55 bits per heavy atom. The minimum absolute atomic E-state index is 0. The van der Waals surface area contributed by atoms with Gasteiger partial charge in [-0.05, 0) is 36.8 Å². The summed E-state index contributed by atoms with van der Waals surface area (Å²) in [5.74, 6) is 0. The molecule has 147 valence electrons. The zero-order valence-electron chi connectivity index (χ0n) is 15.7. The SMILES string of the molecule is Cc1ncccc1Cn1ncc2cc(S(=O)(=O)c3cnn(C)c3)ccc2c1=O.[V]. The number of benzene rings is 1. The van der Waals surface area contributed by atoms with Crippen molar-refractivity contribution < 1.29 is 27.0 Å². The van der Waals surface area contributed by atoms with Crippen LogP contribution in [0.5, 0.6) is 0 Å². The second-order valence-corrected chi connectivity index (χ2v) is 8.41. The predicted molar refractivity (Wildman–Crippen MR) is 103 cm³/mol. The van der Waals surface area contributed by atoms with Crippen molar-refractivity contribution in [1.82, 2.24) is 24.5 Å². The molecule has 0 aliphatic rings. The molecule has 0 amide bonds. The Bertz CT molecular complexity index is 1360. The maximum Gasteiger partial charge on any atom is 0.274 e. The van der Waals surface area contributed by atoms with E-state index in [4.69, 9.17) is 0 Å². The molecule has 4 aromatic rings. The first-order valence-corrected chi connectivity index (χ1v) is 9.99. The topological polar surface area (TPSA) is 99.7 Å². The van der Waals surface area contributed by atoms with E-state index in [1.165, 1.54) is 46.2 Å². The Hall–Kier alpha value is -2.75. The number of nitrogens with zero attached hydrogens (tertiary/aromatic N) is 5. The summed E-state index contributed by atoms with van der Waals surface area (Å²) in [4.78, 5) is 17.2. The molecule has 0 bridgehead atoms. The van der Waals surface area contributed by atoms with Crippen LogP contribution in [0.4, 0.5) is 0 Å². The molecule has 1 aromatic carbocycles. The smallest absolute Gasteiger partial charge is 0.274 e. The first-order chi connectivity index (χ1) is 13.4. The normalized spacial score (nSPS) is 11.4. The average Bonchev–Trinajstić information content (AvgIpc) is 3.12. The van der Waals surface area contributed by atoms with E-state index in [1.807, 2.05) is 19.1 Å². The molecular weight excluding hydrogens is 429 g/mol. The maximum absolute atomic E-state index is 12.8. The number of hydrogen-bond acceptors (Lipinski definition) is 6. The Morgan fingerprint density at radius 1 is 1.07 bits per heavy atom. The van der Waals surface area contributed by atoms with Crippen LogP contribution in [0.15, 0.2) is 69.7 Å². The van der Waals surface area contributed by atoms with E-state index in [0.29, 0.717) is 17.3 Å². The summed E-state index contributed by atoms with van der Waals surface area (Å²) in [5.41, 5.74) is 1.44. The molecule has 0 fully saturated rings.